The van der Waals surface area contributed by atoms with E-state index in [0.717, 1.165) is 0 Å². The smallest absolute Gasteiger partial charge is 0.423 e. The Bertz CT molecular complexity index is 1160. The van der Waals surface area contributed by atoms with E-state index in [4.69, 9.17) is 0 Å². The molecule has 3 N–H and O–H groups in total. The van der Waals surface area contributed by atoms with Gasteiger partial charge in [-0.1, -0.05) is 72.8 Å². The number of H-pyrrole nitrogens is 1. The number of benzene rings is 3. The zero-order chi connectivity index (χ0) is 21.3. The maximum atomic E-state index is 13.6. The molecule has 1 unspecified atom stereocenters. The van der Waals surface area contributed by atoms with Crippen LogP contribution in [0, 0.1) is 0 Å². The maximum absolute atomic E-state index is 13.6. The Morgan fingerprint density at radius 2 is 1.47 bits per heavy atom. The molecule has 0 amide bonds. The van der Waals surface area contributed by atoms with Gasteiger partial charge in [-0.3, -0.25) is 0 Å². The Morgan fingerprint density at radius 3 is 2.17 bits per heavy atom. The molecular weight excluding hydrogens is 390 g/mol. The van der Waals surface area contributed by atoms with Gasteiger partial charge in [-0.05, 0) is 28.2 Å². The van der Waals surface area contributed by atoms with Gasteiger partial charge in [-0.15, -0.1) is 0 Å². The zero-order valence-corrected chi connectivity index (χ0v) is 15.9. The molecule has 30 heavy (non-hydrogen) atoms. The molecule has 152 valence electrons. The Balaban J connectivity index is 2.03. The molecule has 0 spiro atoms. The molecular formula is C23H19BF3NO2. The molecule has 0 radical (unpaired) electrons. The first-order chi connectivity index (χ1) is 14.3. The van der Waals surface area contributed by atoms with Crippen LogP contribution < -0.4 is 5.46 Å². The van der Waals surface area contributed by atoms with Gasteiger partial charge in [0.1, 0.15) is 0 Å². The Hall–Kier alpha value is -3.03. The third-order valence-electron chi connectivity index (χ3n) is 5.24. The quantitative estimate of drug-likeness (QED) is 0.422. The first kappa shape index (κ1) is 20.3. The number of hydrogen-bond acceptors (Lipinski definition) is 2. The molecule has 7 heteroatoms. The lowest BCUT2D eigenvalue weighted by Gasteiger charge is -2.22. The van der Waals surface area contributed by atoms with Crippen LogP contribution in [0.15, 0.2) is 78.9 Å². The highest BCUT2D eigenvalue weighted by Gasteiger charge is 2.36. The number of aromatic nitrogens is 1. The van der Waals surface area contributed by atoms with Gasteiger partial charge < -0.3 is 15.0 Å². The molecule has 0 aliphatic carbocycles. The fraction of sp³-hybridized carbons (Fsp3) is 0.130. The first-order valence-corrected chi connectivity index (χ1v) is 9.53. The number of nitrogens with one attached hydrogen (secondary N) is 1. The van der Waals surface area contributed by atoms with E-state index >= 15 is 0 Å². The molecule has 0 saturated heterocycles. The largest absolute Gasteiger partial charge is 0.489 e. The lowest BCUT2D eigenvalue weighted by molar-refractivity contribution is -0.136. The van der Waals surface area contributed by atoms with Crippen LogP contribution in [0.3, 0.4) is 0 Å². The Kier molecular flexibility index (Phi) is 5.41. The number of aromatic amines is 1. The first-order valence-electron chi connectivity index (χ1n) is 9.53. The highest BCUT2D eigenvalue weighted by atomic mass is 19.4. The standard InChI is InChI=1S/C23H19BF3NO2/c25-23(26,27)14-18(15-8-2-1-3-9-15)21-17-11-5-7-13-20(17)28-22(21)16-10-4-6-12-19(16)24(29)30/h1-13,18,28-30H,14H2. The van der Waals surface area contributed by atoms with Crippen molar-refractivity contribution in [1.82, 2.24) is 4.98 Å². The van der Waals surface area contributed by atoms with Crippen molar-refractivity contribution in [2.45, 2.75) is 18.5 Å². The van der Waals surface area contributed by atoms with Crippen molar-refractivity contribution in [3.05, 3.63) is 90.0 Å². The van der Waals surface area contributed by atoms with E-state index in [-0.39, 0.29) is 5.46 Å². The average molecular weight is 409 g/mol. The molecule has 4 rings (SSSR count). The maximum Gasteiger partial charge on any atom is 0.489 e. The molecule has 1 heterocycles. The molecule has 0 bridgehead atoms. The van der Waals surface area contributed by atoms with Gasteiger partial charge in [0.2, 0.25) is 0 Å². The van der Waals surface area contributed by atoms with Gasteiger partial charge in [0.05, 0.1) is 6.42 Å². The lowest BCUT2D eigenvalue weighted by Crippen LogP contribution is -2.31. The Labute approximate surface area is 172 Å². The molecule has 0 fully saturated rings. The summed E-state index contributed by atoms with van der Waals surface area (Å²) < 4.78 is 40.9. The van der Waals surface area contributed by atoms with Crippen molar-refractivity contribution < 1.29 is 23.2 Å². The number of halogens is 3. The molecule has 0 aliphatic rings. The summed E-state index contributed by atoms with van der Waals surface area (Å²) in [6.07, 6.45) is -5.41. The van der Waals surface area contributed by atoms with E-state index in [0.29, 0.717) is 33.3 Å². The molecule has 3 nitrogen and oxygen atoms in total. The van der Waals surface area contributed by atoms with Gasteiger partial charge >= 0.3 is 13.3 Å². The monoisotopic (exact) mass is 409 g/mol. The van der Waals surface area contributed by atoms with E-state index in [1.807, 2.05) is 0 Å². The number of alkyl halides is 3. The van der Waals surface area contributed by atoms with Gasteiger partial charge in [0.25, 0.3) is 0 Å². The van der Waals surface area contributed by atoms with Crippen LogP contribution >= 0.6 is 0 Å². The summed E-state index contributed by atoms with van der Waals surface area (Å²) in [7, 11) is -1.75. The van der Waals surface area contributed by atoms with Crippen molar-refractivity contribution >= 4 is 23.5 Å². The third-order valence-corrected chi connectivity index (χ3v) is 5.24. The molecule has 0 saturated carbocycles. The summed E-state index contributed by atoms with van der Waals surface area (Å²) in [6.45, 7) is 0. The average Bonchev–Trinajstić information content (AvgIpc) is 3.11. The van der Waals surface area contributed by atoms with Crippen LogP contribution in [0.1, 0.15) is 23.5 Å². The number of hydrogen-bond donors (Lipinski definition) is 3. The van der Waals surface area contributed by atoms with Crippen molar-refractivity contribution in [2.75, 3.05) is 0 Å². The SMILES string of the molecule is OB(O)c1ccccc1-c1[nH]c2ccccc2c1C(CC(F)(F)F)c1ccccc1. The van der Waals surface area contributed by atoms with Gasteiger partial charge in [-0.2, -0.15) is 13.2 Å². The highest BCUT2D eigenvalue weighted by molar-refractivity contribution is 6.60. The van der Waals surface area contributed by atoms with Crippen molar-refractivity contribution in [3.8, 4) is 11.3 Å². The molecule has 1 aromatic heterocycles. The summed E-state index contributed by atoms with van der Waals surface area (Å²) >= 11 is 0. The number of para-hydroxylation sites is 1. The van der Waals surface area contributed by atoms with Crippen LogP contribution in [0.25, 0.3) is 22.2 Å². The summed E-state index contributed by atoms with van der Waals surface area (Å²) in [4.78, 5) is 3.22. The van der Waals surface area contributed by atoms with Gasteiger partial charge in [0, 0.05) is 22.5 Å². The van der Waals surface area contributed by atoms with E-state index in [9.17, 15) is 23.2 Å². The lowest BCUT2D eigenvalue weighted by atomic mass is 9.75. The van der Waals surface area contributed by atoms with E-state index in [1.165, 1.54) is 0 Å². The zero-order valence-electron chi connectivity index (χ0n) is 15.9. The number of fused-ring (bicyclic) bond motifs is 1. The number of rotatable bonds is 5. The van der Waals surface area contributed by atoms with Crippen molar-refractivity contribution in [3.63, 3.8) is 0 Å². The van der Waals surface area contributed by atoms with E-state index < -0.39 is 25.6 Å². The topological polar surface area (TPSA) is 56.2 Å². The minimum Gasteiger partial charge on any atom is -0.423 e. The summed E-state index contributed by atoms with van der Waals surface area (Å²) in [5.74, 6) is -0.957. The fourth-order valence-electron chi connectivity index (χ4n) is 3.99. The van der Waals surface area contributed by atoms with Crippen LogP contribution in [-0.2, 0) is 0 Å². The van der Waals surface area contributed by atoms with E-state index in [1.54, 1.807) is 78.9 Å². The minimum absolute atomic E-state index is 0.226. The molecule has 3 aromatic carbocycles. The summed E-state index contributed by atoms with van der Waals surface area (Å²) in [5, 5.41) is 20.3. The summed E-state index contributed by atoms with van der Waals surface area (Å²) in [6, 6.07) is 22.4. The predicted molar refractivity (Wildman–Crippen MR) is 113 cm³/mol. The molecule has 1 atom stereocenters. The van der Waals surface area contributed by atoms with Gasteiger partial charge in [-0.25, -0.2) is 0 Å². The van der Waals surface area contributed by atoms with Crippen LogP contribution in [0.2, 0.25) is 0 Å². The van der Waals surface area contributed by atoms with Crippen LogP contribution in [0.4, 0.5) is 13.2 Å². The second-order valence-electron chi connectivity index (χ2n) is 7.20. The molecule has 4 aromatic rings. The second-order valence-corrected chi connectivity index (χ2v) is 7.20. The normalized spacial score (nSPS) is 12.8. The Morgan fingerprint density at radius 1 is 0.833 bits per heavy atom. The van der Waals surface area contributed by atoms with Crippen LogP contribution in [-0.4, -0.2) is 28.3 Å². The third kappa shape index (κ3) is 3.99. The summed E-state index contributed by atoms with van der Waals surface area (Å²) in [5.41, 5.74) is 2.86. The van der Waals surface area contributed by atoms with E-state index in [2.05, 4.69) is 4.98 Å². The van der Waals surface area contributed by atoms with Crippen molar-refractivity contribution in [2.24, 2.45) is 0 Å². The minimum atomic E-state index is -4.38. The fourth-order valence-corrected chi connectivity index (χ4v) is 3.99. The highest BCUT2D eigenvalue weighted by Crippen LogP contribution is 2.43. The predicted octanol–water partition coefficient (Wildman–Crippen LogP) is 4.60. The van der Waals surface area contributed by atoms with Crippen LogP contribution in [0.5, 0.6) is 0 Å². The molecule has 0 aliphatic heterocycles. The van der Waals surface area contributed by atoms with Gasteiger partial charge in [0.15, 0.2) is 0 Å². The van der Waals surface area contributed by atoms with Crippen molar-refractivity contribution in [1.29, 1.82) is 0 Å². The second kappa shape index (κ2) is 8.01.